The van der Waals surface area contributed by atoms with Crippen molar-refractivity contribution in [1.82, 2.24) is 5.32 Å². The van der Waals surface area contributed by atoms with Crippen LogP contribution in [-0.4, -0.2) is 25.2 Å². The summed E-state index contributed by atoms with van der Waals surface area (Å²) in [6.45, 7) is 2.14. The zero-order valence-electron chi connectivity index (χ0n) is 14.1. The fraction of sp³-hybridized carbons (Fsp3) is 0.263. The molecule has 0 aliphatic rings. The SMILES string of the molecule is COC(=O)[C@H](Cc1ccc(I)c(C)c1)NC(=O)OCc1ccccc1. The Bertz CT molecular complexity index is 733. The maximum Gasteiger partial charge on any atom is 0.408 e. The number of ether oxygens (including phenoxy) is 2. The number of amides is 1. The largest absolute Gasteiger partial charge is 0.467 e. The Kier molecular flexibility index (Phi) is 7.24. The van der Waals surface area contributed by atoms with Crippen molar-refractivity contribution in [3.8, 4) is 0 Å². The van der Waals surface area contributed by atoms with Crippen LogP contribution >= 0.6 is 22.6 Å². The van der Waals surface area contributed by atoms with Crippen molar-refractivity contribution in [2.24, 2.45) is 0 Å². The smallest absolute Gasteiger partial charge is 0.408 e. The van der Waals surface area contributed by atoms with Gasteiger partial charge in [0.25, 0.3) is 0 Å². The third kappa shape index (κ3) is 6.04. The topological polar surface area (TPSA) is 64.6 Å². The third-order valence-corrected chi connectivity index (χ3v) is 4.86. The molecule has 2 aromatic carbocycles. The predicted molar refractivity (Wildman–Crippen MR) is 103 cm³/mol. The number of aryl methyl sites for hydroxylation is 1. The average Bonchev–Trinajstić information content (AvgIpc) is 2.62. The van der Waals surface area contributed by atoms with Crippen LogP contribution in [0.4, 0.5) is 4.79 Å². The number of hydrogen-bond acceptors (Lipinski definition) is 4. The second-order valence-electron chi connectivity index (χ2n) is 5.57. The summed E-state index contributed by atoms with van der Waals surface area (Å²) in [5, 5.41) is 2.58. The molecule has 0 unspecified atom stereocenters. The van der Waals surface area contributed by atoms with Gasteiger partial charge in [0, 0.05) is 9.99 Å². The van der Waals surface area contributed by atoms with E-state index in [1.165, 1.54) is 7.11 Å². The standard InChI is InChI=1S/C19H20INO4/c1-13-10-15(8-9-16(13)20)11-17(18(22)24-2)21-19(23)25-12-14-6-4-3-5-7-14/h3-10,17H,11-12H2,1-2H3,(H,21,23)/t17-/m0/s1. The zero-order valence-corrected chi connectivity index (χ0v) is 16.3. The summed E-state index contributed by atoms with van der Waals surface area (Å²) >= 11 is 2.25. The molecule has 0 heterocycles. The van der Waals surface area contributed by atoms with Crippen molar-refractivity contribution in [3.05, 3.63) is 68.8 Å². The number of methoxy groups -OCH3 is 1. The molecule has 0 spiro atoms. The highest BCUT2D eigenvalue weighted by molar-refractivity contribution is 14.1. The molecule has 132 valence electrons. The molecule has 0 saturated carbocycles. The van der Waals surface area contributed by atoms with Crippen molar-refractivity contribution in [1.29, 1.82) is 0 Å². The number of halogens is 1. The van der Waals surface area contributed by atoms with Gasteiger partial charge < -0.3 is 14.8 Å². The number of carbonyl (C=O) groups excluding carboxylic acids is 2. The summed E-state index contributed by atoms with van der Waals surface area (Å²) in [7, 11) is 1.30. The van der Waals surface area contributed by atoms with Gasteiger partial charge >= 0.3 is 12.1 Å². The van der Waals surface area contributed by atoms with Gasteiger partial charge in [0.05, 0.1) is 7.11 Å². The minimum Gasteiger partial charge on any atom is -0.467 e. The van der Waals surface area contributed by atoms with Crippen molar-refractivity contribution >= 4 is 34.7 Å². The number of benzene rings is 2. The van der Waals surface area contributed by atoms with Crippen molar-refractivity contribution in [3.63, 3.8) is 0 Å². The van der Waals surface area contributed by atoms with Crippen molar-refractivity contribution in [2.45, 2.75) is 26.0 Å². The maximum atomic E-state index is 12.0. The fourth-order valence-electron chi connectivity index (χ4n) is 2.31. The summed E-state index contributed by atoms with van der Waals surface area (Å²) in [4.78, 5) is 24.0. The first-order valence-electron chi connectivity index (χ1n) is 7.79. The molecule has 25 heavy (non-hydrogen) atoms. The molecule has 0 aromatic heterocycles. The van der Waals surface area contributed by atoms with E-state index in [2.05, 4.69) is 27.9 Å². The number of rotatable bonds is 6. The predicted octanol–water partition coefficient (Wildman–Crippen LogP) is 3.61. The Hall–Kier alpha value is -2.09. The molecule has 0 radical (unpaired) electrons. The number of esters is 1. The first-order valence-corrected chi connectivity index (χ1v) is 8.87. The minimum absolute atomic E-state index is 0.142. The van der Waals surface area contributed by atoms with Crippen LogP contribution in [0.3, 0.4) is 0 Å². The molecule has 0 aliphatic heterocycles. The van der Waals surface area contributed by atoms with E-state index < -0.39 is 18.1 Å². The van der Waals surface area contributed by atoms with E-state index in [4.69, 9.17) is 9.47 Å². The summed E-state index contributed by atoms with van der Waals surface area (Å²) in [5.41, 5.74) is 2.94. The molecule has 0 aliphatic carbocycles. The van der Waals surface area contributed by atoms with Gasteiger partial charge in [0.1, 0.15) is 12.6 Å². The summed E-state index contributed by atoms with van der Waals surface area (Å²) < 4.78 is 11.1. The van der Waals surface area contributed by atoms with Gasteiger partial charge in [-0.05, 0) is 52.3 Å². The Balaban J connectivity index is 1.98. The van der Waals surface area contributed by atoms with E-state index in [-0.39, 0.29) is 6.61 Å². The molecular formula is C19H20INO4. The highest BCUT2D eigenvalue weighted by Gasteiger charge is 2.23. The zero-order chi connectivity index (χ0) is 18.2. The highest BCUT2D eigenvalue weighted by Crippen LogP contribution is 2.15. The Labute approximate surface area is 160 Å². The minimum atomic E-state index is -0.798. The van der Waals surface area contributed by atoms with Gasteiger partial charge in [-0.15, -0.1) is 0 Å². The first-order chi connectivity index (χ1) is 12.0. The molecule has 0 saturated heterocycles. The molecule has 1 N–H and O–H groups in total. The summed E-state index contributed by atoms with van der Waals surface area (Å²) in [5.74, 6) is -0.507. The Morgan fingerprint density at radius 2 is 1.84 bits per heavy atom. The van der Waals surface area contributed by atoms with Crippen LogP contribution in [0.5, 0.6) is 0 Å². The van der Waals surface area contributed by atoms with Crippen LogP contribution in [0.25, 0.3) is 0 Å². The fourth-order valence-corrected chi connectivity index (χ4v) is 2.65. The van der Waals surface area contributed by atoms with E-state index in [1.54, 1.807) is 0 Å². The van der Waals surface area contributed by atoms with E-state index in [1.807, 2.05) is 55.5 Å². The number of nitrogens with one attached hydrogen (secondary N) is 1. The van der Waals surface area contributed by atoms with Crippen LogP contribution < -0.4 is 5.32 Å². The molecule has 2 aromatic rings. The van der Waals surface area contributed by atoms with Crippen molar-refractivity contribution < 1.29 is 19.1 Å². The monoisotopic (exact) mass is 453 g/mol. The quantitative estimate of drug-likeness (QED) is 0.537. The van der Waals surface area contributed by atoms with E-state index in [0.717, 1.165) is 20.3 Å². The van der Waals surface area contributed by atoms with Crippen LogP contribution in [0.1, 0.15) is 16.7 Å². The molecule has 0 fully saturated rings. The first kappa shape index (κ1) is 19.2. The lowest BCUT2D eigenvalue weighted by Gasteiger charge is -2.17. The van der Waals surface area contributed by atoms with Crippen LogP contribution in [0.15, 0.2) is 48.5 Å². The van der Waals surface area contributed by atoms with Crippen LogP contribution in [0.2, 0.25) is 0 Å². The number of alkyl carbamates (subject to hydrolysis) is 1. The molecule has 1 atom stereocenters. The normalized spacial score (nSPS) is 11.5. The van der Waals surface area contributed by atoms with Gasteiger partial charge in [-0.3, -0.25) is 0 Å². The van der Waals surface area contributed by atoms with Crippen molar-refractivity contribution in [2.75, 3.05) is 7.11 Å². The number of hydrogen-bond donors (Lipinski definition) is 1. The van der Waals surface area contributed by atoms with Crippen LogP contribution in [-0.2, 0) is 27.3 Å². The second kappa shape index (κ2) is 9.41. The Morgan fingerprint density at radius 1 is 1.12 bits per heavy atom. The molecule has 2 rings (SSSR count). The van der Waals surface area contributed by atoms with Gasteiger partial charge in [-0.1, -0.05) is 42.5 Å². The summed E-state index contributed by atoms with van der Waals surface area (Å²) in [6, 6.07) is 14.5. The van der Waals surface area contributed by atoms with Crippen LogP contribution in [0, 0.1) is 10.5 Å². The summed E-state index contributed by atoms with van der Waals surface area (Å²) in [6.07, 6.45) is -0.313. The molecule has 5 nitrogen and oxygen atoms in total. The van der Waals surface area contributed by atoms with Gasteiger partial charge in [-0.2, -0.15) is 0 Å². The third-order valence-electron chi connectivity index (χ3n) is 3.65. The van der Waals surface area contributed by atoms with E-state index in [9.17, 15) is 9.59 Å². The van der Waals surface area contributed by atoms with Gasteiger partial charge in [-0.25, -0.2) is 9.59 Å². The molecule has 1 amide bonds. The maximum absolute atomic E-state index is 12.0. The van der Waals surface area contributed by atoms with E-state index >= 15 is 0 Å². The lowest BCUT2D eigenvalue weighted by Crippen LogP contribution is -2.43. The molecular weight excluding hydrogens is 433 g/mol. The highest BCUT2D eigenvalue weighted by atomic mass is 127. The number of carbonyl (C=O) groups is 2. The van der Waals surface area contributed by atoms with Gasteiger partial charge in [0.15, 0.2) is 0 Å². The Morgan fingerprint density at radius 3 is 2.48 bits per heavy atom. The lowest BCUT2D eigenvalue weighted by atomic mass is 10.0. The average molecular weight is 453 g/mol. The molecule has 6 heteroatoms. The van der Waals surface area contributed by atoms with Gasteiger partial charge in [0.2, 0.25) is 0 Å². The van der Waals surface area contributed by atoms with E-state index in [0.29, 0.717) is 6.42 Å². The molecule has 0 bridgehead atoms. The lowest BCUT2D eigenvalue weighted by molar-refractivity contribution is -0.143. The second-order valence-corrected chi connectivity index (χ2v) is 6.73.